The number of rotatable bonds is 11. The Morgan fingerprint density at radius 1 is 0.857 bits per heavy atom. The van der Waals surface area contributed by atoms with Gasteiger partial charge in [-0.15, -0.1) is 10.2 Å². The molecule has 0 aliphatic heterocycles. The summed E-state index contributed by atoms with van der Waals surface area (Å²) >= 11 is 1.40. The summed E-state index contributed by atoms with van der Waals surface area (Å²) in [4.78, 5) is 12.0. The number of nitrogens with zero attached hydrogens (tertiary/aromatic N) is 2. The summed E-state index contributed by atoms with van der Waals surface area (Å²) in [6.45, 7) is 1.12. The Balaban J connectivity index is 1.29. The highest BCUT2D eigenvalue weighted by atomic mass is 32.1. The van der Waals surface area contributed by atoms with Crippen LogP contribution in [0.4, 0.5) is 5.13 Å². The summed E-state index contributed by atoms with van der Waals surface area (Å²) in [6.07, 6.45) is 2.63. The number of benzene rings is 2. The second kappa shape index (κ2) is 11.0. The molecular weight excluding hydrogens is 374 g/mol. The summed E-state index contributed by atoms with van der Waals surface area (Å²) in [7, 11) is 0. The maximum atomic E-state index is 12.0. The molecule has 1 heterocycles. The van der Waals surface area contributed by atoms with Crippen molar-refractivity contribution in [3.8, 4) is 11.5 Å². The largest absolute Gasteiger partial charge is 0.494 e. The van der Waals surface area contributed by atoms with Gasteiger partial charge in [0, 0.05) is 12.8 Å². The number of anilines is 1. The van der Waals surface area contributed by atoms with Crippen molar-refractivity contribution >= 4 is 22.4 Å². The predicted octanol–water partition coefficient (Wildman–Crippen LogP) is 4.35. The molecule has 0 saturated heterocycles. The number of amides is 1. The number of para-hydroxylation sites is 2. The number of carbonyl (C=O) groups is 1. The maximum absolute atomic E-state index is 12.0. The van der Waals surface area contributed by atoms with Crippen LogP contribution in [0, 0.1) is 0 Å². The molecule has 6 nitrogen and oxygen atoms in total. The first-order valence-corrected chi connectivity index (χ1v) is 10.1. The highest BCUT2D eigenvalue weighted by molar-refractivity contribution is 7.15. The number of nitrogens with one attached hydrogen (secondary N) is 1. The number of hydrogen-bond acceptors (Lipinski definition) is 6. The van der Waals surface area contributed by atoms with Crippen LogP contribution in [0.5, 0.6) is 11.5 Å². The highest BCUT2D eigenvalue weighted by Gasteiger charge is 2.08. The van der Waals surface area contributed by atoms with E-state index in [1.165, 1.54) is 11.3 Å². The molecule has 146 valence electrons. The Labute approximate surface area is 168 Å². The molecule has 28 heavy (non-hydrogen) atoms. The third kappa shape index (κ3) is 7.00. The topological polar surface area (TPSA) is 73.3 Å². The van der Waals surface area contributed by atoms with Crippen molar-refractivity contribution in [3.05, 3.63) is 65.7 Å². The molecule has 0 aliphatic rings. The second-order valence-electron chi connectivity index (χ2n) is 6.08. The van der Waals surface area contributed by atoms with Crippen LogP contribution in [0.1, 0.15) is 24.3 Å². The first-order valence-electron chi connectivity index (χ1n) is 9.27. The lowest BCUT2D eigenvalue weighted by Gasteiger charge is -2.05. The van der Waals surface area contributed by atoms with Crippen LogP contribution in [0.25, 0.3) is 0 Å². The van der Waals surface area contributed by atoms with Gasteiger partial charge in [0.25, 0.3) is 0 Å². The highest BCUT2D eigenvalue weighted by Crippen LogP contribution is 2.17. The fourth-order valence-corrected chi connectivity index (χ4v) is 3.25. The molecular formula is C21H23N3O3S. The van der Waals surface area contributed by atoms with Crippen LogP contribution in [0.3, 0.4) is 0 Å². The Morgan fingerprint density at radius 3 is 2.11 bits per heavy atom. The van der Waals surface area contributed by atoms with Crippen LogP contribution in [-0.4, -0.2) is 29.3 Å². The zero-order valence-electron chi connectivity index (χ0n) is 15.5. The molecule has 0 radical (unpaired) electrons. The van der Waals surface area contributed by atoms with E-state index in [1.807, 2.05) is 60.7 Å². The molecule has 0 atom stereocenters. The quantitative estimate of drug-likeness (QED) is 0.487. The minimum atomic E-state index is -0.0771. The van der Waals surface area contributed by atoms with E-state index in [2.05, 4.69) is 15.5 Å². The molecule has 0 fully saturated rings. The van der Waals surface area contributed by atoms with Crippen molar-refractivity contribution < 1.29 is 14.3 Å². The summed E-state index contributed by atoms with van der Waals surface area (Å²) in [5, 5.41) is 12.4. The number of aromatic nitrogens is 2. The Hall–Kier alpha value is -2.93. The van der Waals surface area contributed by atoms with E-state index in [4.69, 9.17) is 9.47 Å². The minimum absolute atomic E-state index is 0.0771. The van der Waals surface area contributed by atoms with Gasteiger partial charge in [-0.2, -0.15) is 0 Å². The van der Waals surface area contributed by atoms with E-state index in [0.29, 0.717) is 31.2 Å². The van der Waals surface area contributed by atoms with E-state index in [0.717, 1.165) is 29.3 Å². The van der Waals surface area contributed by atoms with Gasteiger partial charge in [0.1, 0.15) is 16.5 Å². The van der Waals surface area contributed by atoms with E-state index < -0.39 is 0 Å². The smallest absolute Gasteiger partial charge is 0.226 e. The predicted molar refractivity (Wildman–Crippen MR) is 110 cm³/mol. The zero-order valence-corrected chi connectivity index (χ0v) is 16.4. The monoisotopic (exact) mass is 397 g/mol. The maximum Gasteiger partial charge on any atom is 0.226 e. The third-order valence-electron chi connectivity index (χ3n) is 3.82. The molecule has 1 amide bonds. The number of ether oxygens (including phenoxy) is 2. The molecule has 3 aromatic rings. The molecule has 0 bridgehead atoms. The zero-order chi connectivity index (χ0) is 19.4. The Kier molecular flexibility index (Phi) is 7.81. The Morgan fingerprint density at radius 2 is 1.46 bits per heavy atom. The van der Waals surface area contributed by atoms with Crippen LogP contribution in [0.2, 0.25) is 0 Å². The minimum Gasteiger partial charge on any atom is -0.494 e. The van der Waals surface area contributed by atoms with Gasteiger partial charge in [-0.3, -0.25) is 4.79 Å². The van der Waals surface area contributed by atoms with E-state index in [9.17, 15) is 4.79 Å². The van der Waals surface area contributed by atoms with E-state index in [-0.39, 0.29) is 5.91 Å². The van der Waals surface area contributed by atoms with Gasteiger partial charge in [-0.05, 0) is 37.1 Å². The van der Waals surface area contributed by atoms with Gasteiger partial charge in [0.05, 0.1) is 13.2 Å². The normalized spacial score (nSPS) is 10.4. The lowest BCUT2D eigenvalue weighted by atomic mass is 10.3. The molecule has 1 aromatic heterocycles. The van der Waals surface area contributed by atoms with Crippen molar-refractivity contribution in [2.24, 2.45) is 0 Å². The van der Waals surface area contributed by atoms with Crippen LogP contribution in [0.15, 0.2) is 60.7 Å². The number of carbonyl (C=O) groups excluding carboxylic acids is 1. The van der Waals surface area contributed by atoms with Crippen molar-refractivity contribution in [1.29, 1.82) is 0 Å². The van der Waals surface area contributed by atoms with Crippen molar-refractivity contribution in [3.63, 3.8) is 0 Å². The lowest BCUT2D eigenvalue weighted by molar-refractivity contribution is -0.116. The standard InChI is InChI=1S/C21H23N3O3S/c25-19(13-7-15-26-17-9-3-1-4-10-17)22-21-24-23-20(28-21)14-8-16-27-18-11-5-2-6-12-18/h1-6,9-12H,7-8,13-16H2,(H,22,24,25). The van der Waals surface area contributed by atoms with Crippen LogP contribution in [-0.2, 0) is 11.2 Å². The first-order chi connectivity index (χ1) is 13.8. The summed E-state index contributed by atoms with van der Waals surface area (Å²) in [6, 6.07) is 19.3. The van der Waals surface area contributed by atoms with Gasteiger partial charge in [0.2, 0.25) is 11.0 Å². The molecule has 0 aliphatic carbocycles. The van der Waals surface area contributed by atoms with Crippen molar-refractivity contribution in [2.75, 3.05) is 18.5 Å². The Bertz CT molecular complexity index is 840. The van der Waals surface area contributed by atoms with Crippen LogP contribution >= 0.6 is 11.3 Å². The third-order valence-corrected chi connectivity index (χ3v) is 4.72. The molecule has 0 spiro atoms. The molecule has 0 saturated carbocycles. The van der Waals surface area contributed by atoms with Crippen molar-refractivity contribution in [2.45, 2.75) is 25.7 Å². The average Bonchev–Trinajstić information content (AvgIpc) is 3.17. The number of hydrogen-bond donors (Lipinski definition) is 1. The second-order valence-corrected chi connectivity index (χ2v) is 7.14. The van der Waals surface area contributed by atoms with Crippen LogP contribution < -0.4 is 14.8 Å². The summed E-state index contributed by atoms with van der Waals surface area (Å²) in [5.74, 6) is 1.60. The molecule has 0 unspecified atom stereocenters. The lowest BCUT2D eigenvalue weighted by Crippen LogP contribution is -2.12. The fourth-order valence-electron chi connectivity index (χ4n) is 2.46. The van der Waals surface area contributed by atoms with E-state index >= 15 is 0 Å². The summed E-state index contributed by atoms with van der Waals surface area (Å²) in [5.41, 5.74) is 0. The fraction of sp³-hybridized carbons (Fsp3) is 0.286. The average molecular weight is 398 g/mol. The number of aryl methyl sites for hydroxylation is 1. The summed E-state index contributed by atoms with van der Waals surface area (Å²) < 4.78 is 11.2. The first kappa shape index (κ1) is 19.8. The molecule has 2 aromatic carbocycles. The van der Waals surface area contributed by atoms with Gasteiger partial charge < -0.3 is 14.8 Å². The van der Waals surface area contributed by atoms with Gasteiger partial charge in [-0.25, -0.2) is 0 Å². The molecule has 3 rings (SSSR count). The van der Waals surface area contributed by atoms with Gasteiger partial charge in [-0.1, -0.05) is 47.7 Å². The SMILES string of the molecule is O=C(CCCOc1ccccc1)Nc1nnc(CCCOc2ccccc2)s1. The van der Waals surface area contributed by atoms with Crippen molar-refractivity contribution in [1.82, 2.24) is 10.2 Å². The van der Waals surface area contributed by atoms with E-state index in [1.54, 1.807) is 0 Å². The molecule has 7 heteroatoms. The van der Waals surface area contributed by atoms with Gasteiger partial charge in [0.15, 0.2) is 0 Å². The molecule has 1 N–H and O–H groups in total. The van der Waals surface area contributed by atoms with Gasteiger partial charge >= 0.3 is 0 Å².